The number of H-pyrrole nitrogens is 2. The molecule has 2 aliphatic carbocycles. The maximum Gasteiger partial charge on any atom is 0.326 e. The van der Waals surface area contributed by atoms with E-state index in [0.29, 0.717) is 33.0 Å². The van der Waals surface area contributed by atoms with E-state index in [1.165, 1.54) is 11.3 Å². The standard InChI is InChI=1S/C21H19N7O3S/c29-19-15(26-21(31)27-19)5-10-8-22-28-17(23-12-1-2-12)7-14(25-18(10)28)11-6-16(32-9-11)20(30)24-13-3-4-13/h5-9,12-13,29H,1-4H2,(H,24,30)(H2,26,27,31)/b10-5-,23-17?. The molecule has 11 heteroatoms. The molecule has 0 radical (unpaired) electrons. The van der Waals surface area contributed by atoms with E-state index in [9.17, 15) is 14.7 Å². The molecule has 1 amide bonds. The Hall–Kier alpha value is -3.73. The minimum Gasteiger partial charge on any atom is -0.493 e. The van der Waals surface area contributed by atoms with Crippen LogP contribution in [0.1, 0.15) is 41.0 Å². The monoisotopic (exact) mass is 449 g/mol. The van der Waals surface area contributed by atoms with Gasteiger partial charge in [-0.2, -0.15) is 9.61 Å². The molecule has 0 unspecified atom stereocenters. The third-order valence-corrected chi connectivity index (χ3v) is 6.34. The number of amides is 1. The van der Waals surface area contributed by atoms with E-state index in [0.717, 1.165) is 31.2 Å². The van der Waals surface area contributed by atoms with Crippen molar-refractivity contribution in [2.75, 3.05) is 0 Å². The van der Waals surface area contributed by atoms with E-state index in [1.54, 1.807) is 16.8 Å². The highest BCUT2D eigenvalue weighted by Crippen LogP contribution is 2.26. The lowest BCUT2D eigenvalue weighted by atomic mass is 10.2. The Balaban J connectivity index is 1.48. The predicted octanol–water partition coefficient (Wildman–Crippen LogP) is 0.683. The van der Waals surface area contributed by atoms with Gasteiger partial charge in [-0.1, -0.05) is 0 Å². The van der Waals surface area contributed by atoms with Crippen molar-refractivity contribution >= 4 is 29.0 Å². The van der Waals surface area contributed by atoms with Crippen LogP contribution in [0.4, 0.5) is 0 Å². The minimum atomic E-state index is -0.501. The molecule has 0 spiro atoms. The molecule has 162 valence electrons. The second-order valence-electron chi connectivity index (χ2n) is 8.13. The van der Waals surface area contributed by atoms with Gasteiger partial charge < -0.3 is 15.4 Å². The second kappa shape index (κ2) is 7.16. The van der Waals surface area contributed by atoms with Crippen molar-refractivity contribution in [1.82, 2.24) is 29.9 Å². The minimum absolute atomic E-state index is 0.0574. The van der Waals surface area contributed by atoms with Gasteiger partial charge in [0.2, 0.25) is 5.88 Å². The van der Waals surface area contributed by atoms with Gasteiger partial charge in [-0.15, -0.1) is 11.3 Å². The summed E-state index contributed by atoms with van der Waals surface area (Å²) in [7, 11) is 0. The first-order chi connectivity index (χ1) is 15.5. The van der Waals surface area contributed by atoms with Crippen LogP contribution in [0.2, 0.25) is 0 Å². The van der Waals surface area contributed by atoms with E-state index in [2.05, 4.69) is 20.4 Å². The molecule has 0 aliphatic heterocycles. The predicted molar refractivity (Wildman–Crippen MR) is 117 cm³/mol. The molecule has 4 N–H and O–H groups in total. The highest BCUT2D eigenvalue weighted by Gasteiger charge is 2.25. The van der Waals surface area contributed by atoms with Crippen molar-refractivity contribution in [3.63, 3.8) is 0 Å². The van der Waals surface area contributed by atoms with Gasteiger partial charge in [0.15, 0.2) is 11.1 Å². The smallest absolute Gasteiger partial charge is 0.326 e. The zero-order valence-electron chi connectivity index (χ0n) is 16.8. The highest BCUT2D eigenvalue weighted by atomic mass is 32.1. The summed E-state index contributed by atoms with van der Waals surface area (Å²) in [5.74, 6) is -0.310. The van der Waals surface area contributed by atoms with E-state index < -0.39 is 5.69 Å². The van der Waals surface area contributed by atoms with Gasteiger partial charge in [0.05, 0.1) is 22.8 Å². The number of aromatic amines is 2. The van der Waals surface area contributed by atoms with Crippen LogP contribution in [-0.2, 0) is 0 Å². The summed E-state index contributed by atoms with van der Waals surface area (Å²) in [5, 5.41) is 19.9. The number of nitrogens with zero attached hydrogens (tertiary/aromatic N) is 4. The number of hydrogen-bond acceptors (Lipinski definition) is 7. The van der Waals surface area contributed by atoms with E-state index >= 15 is 0 Å². The molecule has 0 bridgehead atoms. The summed E-state index contributed by atoms with van der Waals surface area (Å²) in [6, 6.07) is 4.30. The molecule has 2 fully saturated rings. The van der Waals surface area contributed by atoms with Crippen LogP contribution in [0.3, 0.4) is 0 Å². The average molecular weight is 449 g/mol. The first kappa shape index (κ1) is 19.0. The normalized spacial score (nSPS) is 17.4. The summed E-state index contributed by atoms with van der Waals surface area (Å²) in [6.07, 6.45) is 7.39. The molecular formula is C21H19N7O3S. The SMILES string of the molecule is O=C(NC1CC1)c1cc(-c2cc(=NC3CC3)n3nc/c(=C/c4[nH]c(=O)[nH]c4O)c3n2)cs1. The molecule has 10 nitrogen and oxygen atoms in total. The number of carbonyl (C=O) groups excluding carboxylic acids is 1. The molecular weight excluding hydrogens is 430 g/mol. The van der Waals surface area contributed by atoms with Crippen molar-refractivity contribution in [2.45, 2.75) is 37.8 Å². The molecule has 32 heavy (non-hydrogen) atoms. The first-order valence-corrected chi connectivity index (χ1v) is 11.3. The summed E-state index contributed by atoms with van der Waals surface area (Å²) < 4.78 is 1.66. The number of aromatic hydroxyl groups is 1. The number of fused-ring (bicyclic) bond motifs is 1. The molecule has 0 aromatic carbocycles. The lowest BCUT2D eigenvalue weighted by Crippen LogP contribution is -2.24. The van der Waals surface area contributed by atoms with Gasteiger partial charge in [-0.25, -0.2) is 9.78 Å². The Kier molecular flexibility index (Phi) is 4.25. The van der Waals surface area contributed by atoms with Gasteiger partial charge in [-0.3, -0.25) is 14.8 Å². The number of imidazole rings is 1. The Morgan fingerprint density at radius 3 is 2.84 bits per heavy atom. The topological polar surface area (TPSA) is 141 Å². The van der Waals surface area contributed by atoms with Crippen LogP contribution in [-0.4, -0.2) is 47.7 Å². The third kappa shape index (κ3) is 3.60. The van der Waals surface area contributed by atoms with Crippen molar-refractivity contribution in [2.24, 2.45) is 4.99 Å². The van der Waals surface area contributed by atoms with Crippen LogP contribution >= 0.6 is 11.3 Å². The zero-order chi connectivity index (χ0) is 21.8. The molecule has 4 aromatic rings. The summed E-state index contributed by atoms with van der Waals surface area (Å²) in [4.78, 5) is 38.9. The lowest BCUT2D eigenvalue weighted by molar-refractivity contribution is 0.0955. The van der Waals surface area contributed by atoms with Crippen molar-refractivity contribution in [3.8, 4) is 17.1 Å². The zero-order valence-corrected chi connectivity index (χ0v) is 17.6. The lowest BCUT2D eigenvalue weighted by Gasteiger charge is -2.01. The Labute approximate surface area is 184 Å². The summed E-state index contributed by atoms with van der Waals surface area (Å²) >= 11 is 1.38. The molecule has 2 saturated carbocycles. The maximum absolute atomic E-state index is 12.4. The number of rotatable bonds is 5. The first-order valence-electron chi connectivity index (χ1n) is 10.4. The second-order valence-corrected chi connectivity index (χ2v) is 9.04. The quantitative estimate of drug-likeness (QED) is 0.355. The van der Waals surface area contributed by atoms with Crippen molar-refractivity contribution in [1.29, 1.82) is 0 Å². The van der Waals surface area contributed by atoms with Crippen molar-refractivity contribution < 1.29 is 9.90 Å². The Morgan fingerprint density at radius 1 is 1.28 bits per heavy atom. The Bertz CT molecular complexity index is 1540. The molecule has 4 aromatic heterocycles. The fourth-order valence-corrected chi connectivity index (χ4v) is 4.22. The molecule has 6 rings (SSSR count). The molecule has 0 saturated heterocycles. The number of aromatic nitrogens is 5. The summed E-state index contributed by atoms with van der Waals surface area (Å²) in [6.45, 7) is 0. The Morgan fingerprint density at radius 2 is 2.12 bits per heavy atom. The van der Waals surface area contributed by atoms with Gasteiger partial charge >= 0.3 is 5.69 Å². The van der Waals surface area contributed by atoms with Crippen LogP contribution in [0, 0.1) is 0 Å². The molecule has 2 aliphatic rings. The van der Waals surface area contributed by atoms with Gasteiger partial charge in [0.25, 0.3) is 5.91 Å². The number of nitrogens with one attached hydrogen (secondary N) is 3. The molecule has 4 heterocycles. The number of hydrogen-bond donors (Lipinski definition) is 4. The van der Waals surface area contributed by atoms with Gasteiger partial charge in [0, 0.05) is 28.3 Å². The third-order valence-electron chi connectivity index (χ3n) is 5.41. The summed E-state index contributed by atoms with van der Waals surface area (Å²) in [5.41, 5.74) is 2.47. The molecule has 0 atom stereocenters. The fraction of sp³-hybridized carbons (Fsp3) is 0.286. The highest BCUT2D eigenvalue weighted by molar-refractivity contribution is 7.12. The fourth-order valence-electron chi connectivity index (χ4n) is 3.42. The van der Waals surface area contributed by atoms with Crippen LogP contribution < -0.4 is 21.7 Å². The van der Waals surface area contributed by atoms with Crippen LogP contribution in [0.15, 0.2) is 33.5 Å². The van der Waals surface area contributed by atoms with Gasteiger partial charge in [0.1, 0.15) is 5.69 Å². The van der Waals surface area contributed by atoms with Gasteiger partial charge in [-0.05, 0) is 37.8 Å². The number of carbonyl (C=O) groups is 1. The van der Waals surface area contributed by atoms with Crippen molar-refractivity contribution in [3.05, 3.63) is 55.5 Å². The largest absolute Gasteiger partial charge is 0.493 e. The number of thiophene rings is 1. The average Bonchev–Trinajstić information content (AvgIpc) is 3.63. The van der Waals surface area contributed by atoms with E-state index in [1.807, 2.05) is 17.5 Å². The van der Waals surface area contributed by atoms with E-state index in [-0.39, 0.29) is 23.5 Å². The van der Waals surface area contributed by atoms with Crippen LogP contribution in [0.25, 0.3) is 23.0 Å². The van der Waals surface area contributed by atoms with Crippen LogP contribution in [0.5, 0.6) is 5.88 Å². The van der Waals surface area contributed by atoms with E-state index in [4.69, 9.17) is 9.98 Å². The maximum atomic E-state index is 12.4.